The number of rotatable bonds is 5. The predicted molar refractivity (Wildman–Crippen MR) is 82.7 cm³/mol. The Bertz CT molecular complexity index is 671. The minimum Gasteiger partial charge on any atom is -0.395 e. The number of anilines is 1. The molecule has 0 amide bonds. The van der Waals surface area contributed by atoms with Gasteiger partial charge in [0, 0.05) is 41.6 Å². The first-order valence-corrected chi connectivity index (χ1v) is 6.87. The molecule has 1 aromatic heterocycles. The number of aliphatic hydroxyl groups is 1. The molecule has 2 rings (SSSR count). The Labute approximate surface area is 123 Å². The minimum absolute atomic E-state index is 0.0285. The lowest BCUT2D eigenvalue weighted by molar-refractivity contribution is -0.383. The molecule has 0 fully saturated rings. The number of hydrogen-bond donors (Lipinski definition) is 1. The standard InChI is InChI=1S/C15H19N3O3/c1-10(2)17(6-7-19)14-4-5-15(18(20)21)13-9-16-11(3)8-12(13)14/h4-5,8-10,19H,6-7H2,1-3H3. The topological polar surface area (TPSA) is 79.5 Å². The number of benzene rings is 1. The molecule has 0 aliphatic rings. The summed E-state index contributed by atoms with van der Waals surface area (Å²) in [5.74, 6) is 0. The third kappa shape index (κ3) is 2.95. The molecule has 0 unspecified atom stereocenters. The van der Waals surface area contributed by atoms with Crippen LogP contribution in [0.25, 0.3) is 10.8 Å². The van der Waals surface area contributed by atoms with Crippen LogP contribution in [0.4, 0.5) is 11.4 Å². The van der Waals surface area contributed by atoms with Crippen LogP contribution in [0, 0.1) is 17.0 Å². The van der Waals surface area contributed by atoms with Gasteiger partial charge in [-0.05, 0) is 32.9 Å². The van der Waals surface area contributed by atoms with Crippen molar-refractivity contribution in [2.75, 3.05) is 18.1 Å². The van der Waals surface area contributed by atoms with E-state index in [0.29, 0.717) is 11.9 Å². The second kappa shape index (κ2) is 6.05. The van der Waals surface area contributed by atoms with Crippen molar-refractivity contribution in [3.63, 3.8) is 0 Å². The molecule has 0 saturated heterocycles. The van der Waals surface area contributed by atoms with Gasteiger partial charge in [-0.3, -0.25) is 15.1 Å². The van der Waals surface area contributed by atoms with Crippen LogP contribution in [0.1, 0.15) is 19.5 Å². The number of aryl methyl sites for hydroxylation is 1. The summed E-state index contributed by atoms with van der Waals surface area (Å²) in [7, 11) is 0. The maximum atomic E-state index is 11.2. The molecule has 0 saturated carbocycles. The second-order valence-electron chi connectivity index (χ2n) is 5.24. The highest BCUT2D eigenvalue weighted by atomic mass is 16.6. The molecule has 2 aromatic rings. The lowest BCUT2D eigenvalue weighted by atomic mass is 10.1. The fourth-order valence-electron chi connectivity index (χ4n) is 2.49. The number of pyridine rings is 1. The van der Waals surface area contributed by atoms with E-state index >= 15 is 0 Å². The largest absolute Gasteiger partial charge is 0.395 e. The Morgan fingerprint density at radius 1 is 1.38 bits per heavy atom. The Kier molecular flexibility index (Phi) is 4.37. The smallest absolute Gasteiger partial charge is 0.278 e. The highest BCUT2D eigenvalue weighted by Crippen LogP contribution is 2.34. The second-order valence-corrected chi connectivity index (χ2v) is 5.24. The van der Waals surface area contributed by atoms with Crippen LogP contribution in [0.5, 0.6) is 0 Å². The summed E-state index contributed by atoms with van der Waals surface area (Å²) in [6.45, 7) is 6.41. The molecule has 6 heteroatoms. The summed E-state index contributed by atoms with van der Waals surface area (Å²) in [5, 5.41) is 21.7. The van der Waals surface area contributed by atoms with Crippen molar-refractivity contribution in [3.8, 4) is 0 Å². The van der Waals surface area contributed by atoms with Crippen LogP contribution in [-0.2, 0) is 0 Å². The molecule has 0 atom stereocenters. The average molecular weight is 289 g/mol. The Morgan fingerprint density at radius 3 is 2.67 bits per heavy atom. The third-order valence-corrected chi connectivity index (χ3v) is 3.46. The molecular formula is C15H19N3O3. The lowest BCUT2D eigenvalue weighted by Crippen LogP contribution is -2.33. The number of fused-ring (bicyclic) bond motifs is 1. The first-order chi connectivity index (χ1) is 9.95. The van der Waals surface area contributed by atoms with E-state index in [4.69, 9.17) is 0 Å². The summed E-state index contributed by atoms with van der Waals surface area (Å²) in [6.07, 6.45) is 1.55. The van der Waals surface area contributed by atoms with Gasteiger partial charge in [-0.2, -0.15) is 0 Å². The number of nitrogens with zero attached hydrogens (tertiary/aromatic N) is 3. The fraction of sp³-hybridized carbons (Fsp3) is 0.400. The quantitative estimate of drug-likeness (QED) is 0.676. The molecule has 112 valence electrons. The van der Waals surface area contributed by atoms with Crippen molar-refractivity contribution in [2.24, 2.45) is 0 Å². The lowest BCUT2D eigenvalue weighted by Gasteiger charge is -2.29. The normalized spacial score (nSPS) is 11.1. The molecule has 1 aromatic carbocycles. The molecule has 0 radical (unpaired) electrons. The Hall–Kier alpha value is -2.21. The molecule has 6 nitrogen and oxygen atoms in total. The number of nitro benzene ring substituents is 1. The summed E-state index contributed by atoms with van der Waals surface area (Å²) in [4.78, 5) is 17.0. The zero-order valence-electron chi connectivity index (χ0n) is 12.4. The van der Waals surface area contributed by atoms with E-state index < -0.39 is 4.92 Å². The number of aliphatic hydroxyl groups excluding tert-OH is 1. The summed E-state index contributed by atoms with van der Waals surface area (Å²) in [5.41, 5.74) is 1.73. The van der Waals surface area contributed by atoms with E-state index in [1.807, 2.05) is 31.7 Å². The monoisotopic (exact) mass is 289 g/mol. The van der Waals surface area contributed by atoms with Gasteiger partial charge >= 0.3 is 0 Å². The zero-order chi connectivity index (χ0) is 15.6. The van der Waals surface area contributed by atoms with Gasteiger partial charge in [-0.1, -0.05) is 0 Å². The highest BCUT2D eigenvalue weighted by molar-refractivity contribution is 5.99. The highest BCUT2D eigenvalue weighted by Gasteiger charge is 2.19. The van der Waals surface area contributed by atoms with E-state index in [0.717, 1.165) is 16.8 Å². The predicted octanol–water partition coefficient (Wildman–Crippen LogP) is 2.66. The van der Waals surface area contributed by atoms with Crippen LogP contribution in [0.3, 0.4) is 0 Å². The summed E-state index contributed by atoms with van der Waals surface area (Å²) >= 11 is 0. The van der Waals surface area contributed by atoms with Crippen molar-refractivity contribution < 1.29 is 10.0 Å². The summed E-state index contributed by atoms with van der Waals surface area (Å²) < 4.78 is 0. The first-order valence-electron chi connectivity index (χ1n) is 6.87. The van der Waals surface area contributed by atoms with Crippen LogP contribution < -0.4 is 4.90 Å². The minimum atomic E-state index is -0.394. The van der Waals surface area contributed by atoms with Gasteiger partial charge in [0.05, 0.1) is 16.9 Å². The van der Waals surface area contributed by atoms with Crippen molar-refractivity contribution in [3.05, 3.63) is 40.2 Å². The third-order valence-electron chi connectivity index (χ3n) is 3.46. The number of hydrogen-bond acceptors (Lipinski definition) is 5. The SMILES string of the molecule is Cc1cc2c(N(CCO)C(C)C)ccc([N+](=O)[O-])c2cn1. The van der Waals surface area contributed by atoms with Gasteiger partial charge in [-0.25, -0.2) is 0 Å². The maximum absolute atomic E-state index is 11.2. The van der Waals surface area contributed by atoms with Gasteiger partial charge < -0.3 is 10.0 Å². The van der Waals surface area contributed by atoms with Crippen molar-refractivity contribution in [2.45, 2.75) is 26.8 Å². The molecule has 0 bridgehead atoms. The molecule has 0 spiro atoms. The van der Waals surface area contributed by atoms with E-state index in [1.165, 1.54) is 6.07 Å². The van der Waals surface area contributed by atoms with Crippen LogP contribution >= 0.6 is 0 Å². The van der Waals surface area contributed by atoms with Gasteiger partial charge in [0.1, 0.15) is 0 Å². The zero-order valence-corrected chi connectivity index (χ0v) is 12.4. The van der Waals surface area contributed by atoms with E-state index in [2.05, 4.69) is 4.98 Å². The van der Waals surface area contributed by atoms with Crippen molar-refractivity contribution in [1.82, 2.24) is 4.98 Å². The molecule has 0 aliphatic heterocycles. The van der Waals surface area contributed by atoms with Crippen molar-refractivity contribution >= 4 is 22.1 Å². The fourth-order valence-corrected chi connectivity index (χ4v) is 2.49. The van der Waals surface area contributed by atoms with E-state index in [9.17, 15) is 15.2 Å². The van der Waals surface area contributed by atoms with Gasteiger partial charge in [0.2, 0.25) is 0 Å². The molecule has 0 aliphatic carbocycles. The molecule has 21 heavy (non-hydrogen) atoms. The van der Waals surface area contributed by atoms with E-state index in [1.54, 1.807) is 12.3 Å². The molecular weight excluding hydrogens is 270 g/mol. The van der Waals surface area contributed by atoms with Gasteiger partial charge in [0.15, 0.2) is 0 Å². The average Bonchev–Trinajstić information content (AvgIpc) is 2.43. The van der Waals surface area contributed by atoms with Crippen molar-refractivity contribution in [1.29, 1.82) is 0 Å². The molecule has 1 N–H and O–H groups in total. The van der Waals surface area contributed by atoms with E-state index in [-0.39, 0.29) is 18.3 Å². The summed E-state index contributed by atoms with van der Waals surface area (Å²) in [6, 6.07) is 5.27. The van der Waals surface area contributed by atoms with Crippen LogP contribution in [-0.4, -0.2) is 34.2 Å². The Balaban J connectivity index is 2.72. The maximum Gasteiger partial charge on any atom is 0.278 e. The number of nitro groups is 1. The molecule has 1 heterocycles. The number of non-ortho nitro benzene ring substituents is 1. The Morgan fingerprint density at radius 2 is 2.10 bits per heavy atom. The van der Waals surface area contributed by atoms with Crippen LogP contribution in [0.2, 0.25) is 0 Å². The first kappa shape index (κ1) is 15.2. The van der Waals surface area contributed by atoms with Gasteiger partial charge in [0.25, 0.3) is 5.69 Å². The number of aromatic nitrogens is 1. The van der Waals surface area contributed by atoms with Gasteiger partial charge in [-0.15, -0.1) is 0 Å². The van der Waals surface area contributed by atoms with Crippen LogP contribution in [0.15, 0.2) is 24.4 Å².